The number of fused-ring (bicyclic) bond motifs is 1. The van der Waals surface area contributed by atoms with Crippen LogP contribution in [0.15, 0.2) is 29.3 Å². The van der Waals surface area contributed by atoms with Crippen LogP contribution in [0, 0.1) is 0 Å². The highest BCUT2D eigenvalue weighted by atomic mass is 15.0. The van der Waals surface area contributed by atoms with Crippen molar-refractivity contribution in [1.29, 1.82) is 0 Å². The summed E-state index contributed by atoms with van der Waals surface area (Å²) in [5.74, 6) is 0. The zero-order valence-corrected chi connectivity index (χ0v) is 7.54. The first-order valence-electron chi connectivity index (χ1n) is 4.29. The van der Waals surface area contributed by atoms with E-state index in [0.29, 0.717) is 6.67 Å². The number of aliphatic imine (C=N–C) groups is 1. The van der Waals surface area contributed by atoms with Crippen LogP contribution in [-0.4, -0.2) is 12.9 Å². The number of nitrogens with zero attached hydrogens (tertiary/aromatic N) is 1. The van der Waals surface area contributed by atoms with Gasteiger partial charge in [-0.2, -0.15) is 0 Å². The maximum Gasteiger partial charge on any atom is 0.107 e. The molecule has 0 radical (unpaired) electrons. The van der Waals surface area contributed by atoms with Crippen LogP contribution in [0.3, 0.4) is 0 Å². The molecular weight excluding hydrogens is 148 g/mol. The molecule has 1 heterocycles. The van der Waals surface area contributed by atoms with Gasteiger partial charge in [-0.3, -0.25) is 4.99 Å². The minimum absolute atomic E-state index is 0.705. The van der Waals surface area contributed by atoms with Crippen molar-refractivity contribution in [1.82, 2.24) is 0 Å². The lowest BCUT2D eigenvalue weighted by Gasteiger charge is -2.10. The van der Waals surface area contributed by atoms with E-state index in [4.69, 9.17) is 0 Å². The molecule has 2 nitrogen and oxygen atoms in total. The van der Waals surface area contributed by atoms with Gasteiger partial charge in [-0.15, -0.1) is 0 Å². The number of anilines is 1. The van der Waals surface area contributed by atoms with E-state index in [2.05, 4.69) is 16.4 Å². The Bertz CT molecular complexity index is 266. The van der Waals surface area contributed by atoms with Crippen LogP contribution < -0.4 is 5.32 Å². The molecule has 1 N–H and O–H groups in total. The highest BCUT2D eigenvalue weighted by Crippen LogP contribution is 2.14. The van der Waals surface area contributed by atoms with Gasteiger partial charge in [-0.1, -0.05) is 32.0 Å². The summed E-state index contributed by atoms with van der Waals surface area (Å²) in [6.45, 7) is 4.71. The Labute approximate surface area is 73.3 Å². The molecule has 64 valence electrons. The number of hydrogen-bond acceptors (Lipinski definition) is 2. The van der Waals surface area contributed by atoms with Gasteiger partial charge in [0.05, 0.1) is 0 Å². The molecule has 1 aliphatic heterocycles. The molecule has 0 spiro atoms. The zero-order valence-electron chi connectivity index (χ0n) is 7.54. The Balaban J connectivity index is 0.000000336. The Morgan fingerprint density at radius 2 is 2.00 bits per heavy atom. The summed E-state index contributed by atoms with van der Waals surface area (Å²) in [5.41, 5.74) is 2.35. The number of para-hydroxylation sites is 1. The fourth-order valence-electron chi connectivity index (χ4n) is 1.05. The second-order valence-corrected chi connectivity index (χ2v) is 2.23. The van der Waals surface area contributed by atoms with Crippen LogP contribution in [0.2, 0.25) is 0 Å². The second-order valence-electron chi connectivity index (χ2n) is 2.23. The minimum atomic E-state index is 0.705. The van der Waals surface area contributed by atoms with Gasteiger partial charge in [0.2, 0.25) is 0 Å². The van der Waals surface area contributed by atoms with E-state index < -0.39 is 0 Å². The standard InChI is InChI=1S/C8H8N2.C2H6/c1-2-4-8-7(3-1)5-9-6-10-8;1-2/h1-5,10H,6H2;1-2H3. The summed E-state index contributed by atoms with van der Waals surface area (Å²) >= 11 is 0. The molecule has 1 aliphatic rings. The smallest absolute Gasteiger partial charge is 0.107 e. The van der Waals surface area contributed by atoms with E-state index in [0.717, 1.165) is 0 Å². The largest absolute Gasteiger partial charge is 0.366 e. The first-order valence-corrected chi connectivity index (χ1v) is 4.29. The van der Waals surface area contributed by atoms with Crippen molar-refractivity contribution < 1.29 is 0 Å². The first kappa shape index (κ1) is 8.78. The van der Waals surface area contributed by atoms with Crippen LogP contribution in [0.4, 0.5) is 5.69 Å². The third-order valence-corrected chi connectivity index (χ3v) is 1.55. The van der Waals surface area contributed by atoms with Gasteiger partial charge in [0, 0.05) is 17.5 Å². The van der Waals surface area contributed by atoms with Crippen LogP contribution in [0.5, 0.6) is 0 Å². The SMILES string of the molecule is C1=NCNc2ccccc21.CC. The molecule has 1 aromatic carbocycles. The average Bonchev–Trinajstić information content (AvgIpc) is 2.21. The topological polar surface area (TPSA) is 24.4 Å². The van der Waals surface area contributed by atoms with Crippen LogP contribution >= 0.6 is 0 Å². The van der Waals surface area contributed by atoms with Gasteiger partial charge in [-0.05, 0) is 6.07 Å². The summed E-state index contributed by atoms with van der Waals surface area (Å²) in [7, 11) is 0. The minimum Gasteiger partial charge on any atom is -0.366 e. The van der Waals surface area contributed by atoms with E-state index in [1.807, 2.05) is 38.3 Å². The summed E-state index contributed by atoms with van der Waals surface area (Å²) in [5, 5.41) is 3.16. The molecule has 2 heteroatoms. The lowest BCUT2D eigenvalue weighted by molar-refractivity contribution is 1.13. The van der Waals surface area contributed by atoms with Crippen molar-refractivity contribution in [2.24, 2.45) is 4.99 Å². The lowest BCUT2D eigenvalue weighted by atomic mass is 10.2. The Hall–Kier alpha value is -1.31. The third kappa shape index (κ3) is 1.84. The quantitative estimate of drug-likeness (QED) is 0.622. The molecule has 2 rings (SSSR count). The van der Waals surface area contributed by atoms with Crippen molar-refractivity contribution in [3.05, 3.63) is 29.8 Å². The highest BCUT2D eigenvalue weighted by molar-refractivity contribution is 5.89. The first-order chi connectivity index (χ1) is 5.97. The van der Waals surface area contributed by atoms with Gasteiger partial charge in [0.25, 0.3) is 0 Å². The summed E-state index contributed by atoms with van der Waals surface area (Å²) < 4.78 is 0. The zero-order chi connectivity index (χ0) is 8.81. The van der Waals surface area contributed by atoms with Crippen molar-refractivity contribution in [3.63, 3.8) is 0 Å². The van der Waals surface area contributed by atoms with E-state index in [-0.39, 0.29) is 0 Å². The molecule has 1 aromatic rings. The fraction of sp³-hybridized carbons (Fsp3) is 0.300. The summed E-state index contributed by atoms with van der Waals surface area (Å²) in [6.07, 6.45) is 1.89. The predicted octanol–water partition coefficient (Wildman–Crippen LogP) is 2.51. The fourth-order valence-corrected chi connectivity index (χ4v) is 1.05. The van der Waals surface area contributed by atoms with Crippen molar-refractivity contribution in [2.75, 3.05) is 12.0 Å². The molecule has 0 amide bonds. The van der Waals surface area contributed by atoms with Crippen LogP contribution in [0.25, 0.3) is 0 Å². The number of hydrogen-bond donors (Lipinski definition) is 1. The maximum absolute atomic E-state index is 4.08. The number of nitrogens with one attached hydrogen (secondary N) is 1. The molecule has 0 aliphatic carbocycles. The third-order valence-electron chi connectivity index (χ3n) is 1.55. The molecule has 0 unspecified atom stereocenters. The molecule has 0 saturated heterocycles. The number of rotatable bonds is 0. The normalized spacial score (nSPS) is 12.2. The van der Waals surface area contributed by atoms with Crippen molar-refractivity contribution >= 4 is 11.9 Å². The molecule has 12 heavy (non-hydrogen) atoms. The summed E-state index contributed by atoms with van der Waals surface area (Å²) in [6, 6.07) is 8.13. The van der Waals surface area contributed by atoms with Crippen molar-refractivity contribution in [2.45, 2.75) is 13.8 Å². The van der Waals surface area contributed by atoms with Crippen LogP contribution in [-0.2, 0) is 0 Å². The Morgan fingerprint density at radius 3 is 2.75 bits per heavy atom. The van der Waals surface area contributed by atoms with Gasteiger partial charge >= 0.3 is 0 Å². The summed E-state index contributed by atoms with van der Waals surface area (Å²) in [4.78, 5) is 4.08. The van der Waals surface area contributed by atoms with E-state index in [9.17, 15) is 0 Å². The molecule has 0 fully saturated rings. The van der Waals surface area contributed by atoms with Crippen molar-refractivity contribution in [3.8, 4) is 0 Å². The Kier molecular flexibility index (Phi) is 3.33. The molecular formula is C10H14N2. The van der Waals surface area contributed by atoms with Gasteiger partial charge in [-0.25, -0.2) is 0 Å². The molecule has 0 atom stereocenters. The average molecular weight is 162 g/mol. The van der Waals surface area contributed by atoms with Gasteiger partial charge < -0.3 is 5.32 Å². The number of benzene rings is 1. The van der Waals surface area contributed by atoms with Gasteiger partial charge in [0.15, 0.2) is 0 Å². The monoisotopic (exact) mass is 162 g/mol. The van der Waals surface area contributed by atoms with E-state index in [1.54, 1.807) is 0 Å². The highest BCUT2D eigenvalue weighted by Gasteiger charge is 1.99. The predicted molar refractivity (Wildman–Crippen MR) is 53.9 cm³/mol. The van der Waals surface area contributed by atoms with E-state index in [1.165, 1.54) is 11.3 Å². The van der Waals surface area contributed by atoms with Crippen LogP contribution in [0.1, 0.15) is 19.4 Å². The molecule has 0 bridgehead atoms. The molecule has 0 aromatic heterocycles. The van der Waals surface area contributed by atoms with E-state index >= 15 is 0 Å². The molecule has 0 saturated carbocycles. The maximum atomic E-state index is 4.08. The van der Waals surface area contributed by atoms with Gasteiger partial charge in [0.1, 0.15) is 6.67 Å². The Morgan fingerprint density at radius 1 is 1.25 bits per heavy atom. The lowest BCUT2D eigenvalue weighted by Crippen LogP contribution is -2.06. The second kappa shape index (κ2) is 4.54.